The summed E-state index contributed by atoms with van der Waals surface area (Å²) in [5, 5.41) is 0. The highest BCUT2D eigenvalue weighted by Gasteiger charge is 2.49. The number of anilines is 1. The van der Waals surface area contributed by atoms with Gasteiger partial charge in [-0.3, -0.25) is 9.59 Å². The molecule has 0 bridgehead atoms. The van der Waals surface area contributed by atoms with E-state index < -0.39 is 5.82 Å². The van der Waals surface area contributed by atoms with E-state index in [0.29, 0.717) is 0 Å². The fraction of sp³-hybridized carbons (Fsp3) is 0.429. The van der Waals surface area contributed by atoms with E-state index in [1.807, 2.05) is 0 Å². The minimum atomic E-state index is -0.516. The van der Waals surface area contributed by atoms with Gasteiger partial charge in [-0.2, -0.15) is 0 Å². The summed E-state index contributed by atoms with van der Waals surface area (Å²) in [5.74, 6) is -1.43. The second-order valence-corrected chi connectivity index (χ2v) is 4.96. The molecule has 2 aliphatic rings. The summed E-state index contributed by atoms with van der Waals surface area (Å²) >= 11 is 0. The third kappa shape index (κ3) is 1.55. The molecule has 0 N–H and O–H groups in total. The van der Waals surface area contributed by atoms with Gasteiger partial charge in [0.15, 0.2) is 0 Å². The summed E-state index contributed by atoms with van der Waals surface area (Å²) in [6.45, 7) is 0. The molecule has 3 rings (SSSR count). The van der Waals surface area contributed by atoms with Crippen LogP contribution < -0.4 is 4.90 Å². The van der Waals surface area contributed by atoms with Crippen LogP contribution in [0.4, 0.5) is 10.1 Å². The molecule has 0 radical (unpaired) electrons. The van der Waals surface area contributed by atoms with Gasteiger partial charge in [-0.15, -0.1) is 0 Å². The third-order valence-electron chi connectivity index (χ3n) is 3.93. The monoisotopic (exact) mass is 247 g/mol. The van der Waals surface area contributed by atoms with Crippen molar-refractivity contribution in [2.45, 2.75) is 25.7 Å². The summed E-state index contributed by atoms with van der Waals surface area (Å²) in [4.78, 5) is 25.5. The average Bonchev–Trinajstić information content (AvgIpc) is 2.64. The number of amides is 2. The molecule has 1 aromatic carbocycles. The van der Waals surface area contributed by atoms with Gasteiger partial charge in [-0.25, -0.2) is 9.29 Å². The van der Waals surface area contributed by atoms with E-state index >= 15 is 0 Å². The standard InChI is InChI=1S/C14H14FNO2/c15-11-7-3-4-8-12(11)16-13(17)9-5-1-2-6-10(9)14(16)18/h3-4,7-10H,1-2,5-6H2. The molecule has 1 aromatic rings. The van der Waals surface area contributed by atoms with Crippen molar-refractivity contribution in [3.63, 3.8) is 0 Å². The molecule has 1 saturated heterocycles. The molecule has 4 heteroatoms. The Morgan fingerprint density at radius 3 is 2.11 bits per heavy atom. The molecule has 0 aromatic heterocycles. The summed E-state index contributed by atoms with van der Waals surface area (Å²) in [5.41, 5.74) is 0.0990. The van der Waals surface area contributed by atoms with Crippen molar-refractivity contribution in [2.75, 3.05) is 4.90 Å². The number of nitrogens with zero attached hydrogens (tertiary/aromatic N) is 1. The molecule has 2 atom stereocenters. The largest absolute Gasteiger partial charge is 0.274 e. The number of hydrogen-bond donors (Lipinski definition) is 0. The molecule has 2 amide bonds. The Morgan fingerprint density at radius 1 is 1.00 bits per heavy atom. The maximum Gasteiger partial charge on any atom is 0.237 e. The van der Waals surface area contributed by atoms with Crippen LogP contribution in [0, 0.1) is 17.7 Å². The number of para-hydroxylation sites is 1. The van der Waals surface area contributed by atoms with Crippen LogP contribution in [0.5, 0.6) is 0 Å². The summed E-state index contributed by atoms with van der Waals surface area (Å²) in [7, 11) is 0. The maximum absolute atomic E-state index is 13.7. The Balaban J connectivity index is 2.00. The Labute approximate surface area is 105 Å². The lowest BCUT2D eigenvalue weighted by atomic mass is 9.81. The molecule has 1 aliphatic heterocycles. The number of imide groups is 1. The number of fused-ring (bicyclic) bond motifs is 1. The van der Waals surface area contributed by atoms with Crippen LogP contribution >= 0.6 is 0 Å². The minimum Gasteiger partial charge on any atom is -0.274 e. The lowest BCUT2D eigenvalue weighted by molar-refractivity contribution is -0.122. The fourth-order valence-corrected chi connectivity index (χ4v) is 3.03. The molecule has 2 fully saturated rings. The molecule has 1 saturated carbocycles. The lowest BCUT2D eigenvalue weighted by Crippen LogP contribution is -2.31. The van der Waals surface area contributed by atoms with Gasteiger partial charge >= 0.3 is 0 Å². The van der Waals surface area contributed by atoms with Gasteiger partial charge in [0.1, 0.15) is 5.82 Å². The van der Waals surface area contributed by atoms with Gasteiger partial charge in [0, 0.05) is 0 Å². The van der Waals surface area contributed by atoms with Crippen LogP contribution in [0.2, 0.25) is 0 Å². The maximum atomic E-state index is 13.7. The highest BCUT2D eigenvalue weighted by atomic mass is 19.1. The first-order chi connectivity index (χ1) is 8.70. The molecular formula is C14H14FNO2. The zero-order valence-corrected chi connectivity index (χ0v) is 9.93. The first-order valence-corrected chi connectivity index (χ1v) is 6.32. The number of benzene rings is 1. The molecule has 2 unspecified atom stereocenters. The van der Waals surface area contributed by atoms with E-state index in [4.69, 9.17) is 0 Å². The van der Waals surface area contributed by atoms with Crippen molar-refractivity contribution in [3.8, 4) is 0 Å². The van der Waals surface area contributed by atoms with E-state index in [2.05, 4.69) is 0 Å². The van der Waals surface area contributed by atoms with Crippen LogP contribution in [0.25, 0.3) is 0 Å². The predicted molar refractivity (Wildman–Crippen MR) is 64.3 cm³/mol. The molecule has 1 heterocycles. The predicted octanol–water partition coefficient (Wildman–Crippen LogP) is 2.51. The number of carbonyl (C=O) groups is 2. The van der Waals surface area contributed by atoms with Crippen molar-refractivity contribution in [1.82, 2.24) is 0 Å². The molecule has 94 valence electrons. The number of halogens is 1. The van der Waals surface area contributed by atoms with Crippen molar-refractivity contribution in [2.24, 2.45) is 11.8 Å². The highest BCUT2D eigenvalue weighted by molar-refractivity contribution is 6.22. The second-order valence-electron chi connectivity index (χ2n) is 4.96. The SMILES string of the molecule is O=C1C2CCCCC2C(=O)N1c1ccccc1F. The first-order valence-electron chi connectivity index (χ1n) is 6.32. The van der Waals surface area contributed by atoms with E-state index in [1.54, 1.807) is 12.1 Å². The van der Waals surface area contributed by atoms with Gasteiger partial charge in [0.2, 0.25) is 11.8 Å². The van der Waals surface area contributed by atoms with E-state index in [0.717, 1.165) is 30.6 Å². The highest BCUT2D eigenvalue weighted by Crippen LogP contribution is 2.40. The Hall–Kier alpha value is -1.71. The average molecular weight is 247 g/mol. The number of hydrogen-bond acceptors (Lipinski definition) is 2. The summed E-state index contributed by atoms with van der Waals surface area (Å²) < 4.78 is 13.7. The van der Waals surface area contributed by atoms with Crippen molar-refractivity contribution in [3.05, 3.63) is 30.1 Å². The Bertz CT molecular complexity index is 490. The van der Waals surface area contributed by atoms with Crippen molar-refractivity contribution < 1.29 is 14.0 Å². The quantitative estimate of drug-likeness (QED) is 0.715. The Kier molecular flexibility index (Phi) is 2.65. The number of rotatable bonds is 1. The van der Waals surface area contributed by atoms with E-state index in [9.17, 15) is 14.0 Å². The van der Waals surface area contributed by atoms with Crippen LogP contribution in [-0.4, -0.2) is 11.8 Å². The fourth-order valence-electron chi connectivity index (χ4n) is 3.03. The van der Waals surface area contributed by atoms with Gasteiger partial charge in [0.05, 0.1) is 17.5 Å². The topological polar surface area (TPSA) is 37.4 Å². The number of carbonyl (C=O) groups excluding carboxylic acids is 2. The molecule has 1 aliphatic carbocycles. The van der Waals surface area contributed by atoms with Gasteiger partial charge in [0.25, 0.3) is 0 Å². The smallest absolute Gasteiger partial charge is 0.237 e. The zero-order valence-electron chi connectivity index (χ0n) is 9.93. The molecule has 0 spiro atoms. The van der Waals surface area contributed by atoms with Crippen molar-refractivity contribution >= 4 is 17.5 Å². The van der Waals surface area contributed by atoms with E-state index in [-0.39, 0.29) is 29.3 Å². The summed E-state index contributed by atoms with van der Waals surface area (Å²) in [6.07, 6.45) is 3.46. The van der Waals surface area contributed by atoms with Crippen LogP contribution in [0.1, 0.15) is 25.7 Å². The molecule has 18 heavy (non-hydrogen) atoms. The van der Waals surface area contributed by atoms with Crippen molar-refractivity contribution in [1.29, 1.82) is 0 Å². The van der Waals surface area contributed by atoms with Crippen LogP contribution in [-0.2, 0) is 9.59 Å². The Morgan fingerprint density at radius 2 is 1.56 bits per heavy atom. The third-order valence-corrected chi connectivity index (χ3v) is 3.93. The minimum absolute atomic E-state index is 0.0990. The molecular weight excluding hydrogens is 233 g/mol. The van der Waals surface area contributed by atoms with E-state index in [1.165, 1.54) is 12.1 Å². The first kappa shape index (κ1) is 11.4. The van der Waals surface area contributed by atoms with Crippen LogP contribution in [0.15, 0.2) is 24.3 Å². The van der Waals surface area contributed by atoms with Gasteiger partial charge < -0.3 is 0 Å². The molecule has 3 nitrogen and oxygen atoms in total. The lowest BCUT2D eigenvalue weighted by Gasteiger charge is -2.19. The second kappa shape index (κ2) is 4.19. The van der Waals surface area contributed by atoms with Gasteiger partial charge in [-0.05, 0) is 25.0 Å². The zero-order chi connectivity index (χ0) is 12.7. The summed E-state index contributed by atoms with van der Waals surface area (Å²) in [6, 6.07) is 5.96. The van der Waals surface area contributed by atoms with Crippen LogP contribution in [0.3, 0.4) is 0 Å². The van der Waals surface area contributed by atoms with Gasteiger partial charge in [-0.1, -0.05) is 25.0 Å². The normalized spacial score (nSPS) is 27.5.